The molecule has 0 aromatic heterocycles. The van der Waals surface area contributed by atoms with Crippen molar-refractivity contribution in [1.82, 2.24) is 4.90 Å². The summed E-state index contributed by atoms with van der Waals surface area (Å²) in [5, 5.41) is 9.53. The molecular formula is C13H14BrNO3. The van der Waals surface area contributed by atoms with Crippen molar-refractivity contribution in [2.24, 2.45) is 0 Å². The predicted molar refractivity (Wildman–Crippen MR) is 71.2 cm³/mol. The van der Waals surface area contributed by atoms with E-state index in [1.54, 1.807) is 6.08 Å². The van der Waals surface area contributed by atoms with Crippen molar-refractivity contribution in [2.75, 3.05) is 13.1 Å². The van der Waals surface area contributed by atoms with Crippen LogP contribution in [0.15, 0.2) is 40.9 Å². The molecule has 5 heteroatoms. The van der Waals surface area contributed by atoms with E-state index in [0.29, 0.717) is 6.54 Å². The molecule has 0 bridgehead atoms. The van der Waals surface area contributed by atoms with Crippen LogP contribution in [-0.4, -0.2) is 35.3 Å². The first kappa shape index (κ1) is 13.1. The van der Waals surface area contributed by atoms with Crippen LogP contribution >= 0.6 is 15.9 Å². The highest BCUT2D eigenvalue weighted by Crippen LogP contribution is 2.16. The molecule has 1 aliphatic rings. The van der Waals surface area contributed by atoms with Gasteiger partial charge >= 0.3 is 6.09 Å². The second-order valence-electron chi connectivity index (χ2n) is 4.10. The average molecular weight is 312 g/mol. The van der Waals surface area contributed by atoms with Gasteiger partial charge in [0.1, 0.15) is 6.61 Å². The number of hydrogen-bond acceptors (Lipinski definition) is 3. The third-order valence-electron chi connectivity index (χ3n) is 2.59. The predicted octanol–water partition coefficient (Wildman–Crippen LogP) is 2.28. The van der Waals surface area contributed by atoms with Gasteiger partial charge in [-0.25, -0.2) is 4.79 Å². The van der Waals surface area contributed by atoms with E-state index in [9.17, 15) is 9.90 Å². The standard InChI is InChI=1S/C13H14BrNO3/c14-11-6-12(16)8-15(7-11)13(17)18-9-10-4-2-1-3-5-10/h1-6,12,16H,7-9H2. The lowest BCUT2D eigenvalue weighted by atomic mass is 10.2. The second-order valence-corrected chi connectivity index (χ2v) is 5.12. The summed E-state index contributed by atoms with van der Waals surface area (Å²) in [6.07, 6.45) is 0.626. The number of carbonyl (C=O) groups is 1. The zero-order valence-electron chi connectivity index (χ0n) is 9.75. The van der Waals surface area contributed by atoms with Crippen LogP contribution in [0.25, 0.3) is 0 Å². The number of aliphatic hydroxyl groups is 1. The summed E-state index contributed by atoms with van der Waals surface area (Å²) in [5.41, 5.74) is 0.943. The molecule has 1 unspecified atom stereocenters. The highest BCUT2D eigenvalue weighted by molar-refractivity contribution is 9.11. The normalized spacial score (nSPS) is 19.3. The Morgan fingerprint density at radius 3 is 2.83 bits per heavy atom. The Morgan fingerprint density at radius 2 is 2.17 bits per heavy atom. The van der Waals surface area contributed by atoms with Gasteiger partial charge in [0.25, 0.3) is 0 Å². The number of nitrogens with zero attached hydrogens (tertiary/aromatic N) is 1. The van der Waals surface area contributed by atoms with Crippen molar-refractivity contribution in [1.29, 1.82) is 0 Å². The van der Waals surface area contributed by atoms with Crippen LogP contribution < -0.4 is 0 Å². The number of benzene rings is 1. The van der Waals surface area contributed by atoms with E-state index >= 15 is 0 Å². The Bertz CT molecular complexity index is 447. The van der Waals surface area contributed by atoms with Gasteiger partial charge in [-0.05, 0) is 11.6 Å². The quantitative estimate of drug-likeness (QED) is 0.911. The minimum Gasteiger partial charge on any atom is -0.445 e. The number of ether oxygens (including phenoxy) is 1. The van der Waals surface area contributed by atoms with Crippen LogP contribution in [0.1, 0.15) is 5.56 Å². The molecule has 4 nitrogen and oxygen atoms in total. The van der Waals surface area contributed by atoms with Crippen LogP contribution in [0.4, 0.5) is 4.79 Å². The molecule has 1 heterocycles. The molecule has 2 rings (SSSR count). The lowest BCUT2D eigenvalue weighted by Gasteiger charge is -2.27. The van der Waals surface area contributed by atoms with Gasteiger partial charge in [0.05, 0.1) is 19.2 Å². The van der Waals surface area contributed by atoms with Gasteiger partial charge in [-0.3, -0.25) is 0 Å². The number of amides is 1. The Labute approximate surface area is 114 Å². The van der Waals surface area contributed by atoms with E-state index in [2.05, 4.69) is 15.9 Å². The molecule has 18 heavy (non-hydrogen) atoms. The number of hydrogen-bond donors (Lipinski definition) is 1. The van der Waals surface area contributed by atoms with Crippen molar-refractivity contribution in [3.8, 4) is 0 Å². The van der Waals surface area contributed by atoms with Crippen molar-refractivity contribution in [3.05, 3.63) is 46.5 Å². The third kappa shape index (κ3) is 3.58. The molecule has 0 aliphatic carbocycles. The molecule has 96 valence electrons. The molecule has 1 aliphatic heterocycles. The summed E-state index contributed by atoms with van der Waals surface area (Å²) in [6.45, 7) is 0.945. The molecule has 0 saturated heterocycles. The number of β-amino-alcohol motifs (C(OH)–C–C–N with tert-alkyl or cyclic N) is 1. The molecule has 1 N–H and O–H groups in total. The van der Waals surface area contributed by atoms with Gasteiger partial charge in [-0.15, -0.1) is 0 Å². The van der Waals surface area contributed by atoms with Crippen LogP contribution in [0.5, 0.6) is 0 Å². The Morgan fingerprint density at radius 1 is 1.44 bits per heavy atom. The van der Waals surface area contributed by atoms with Crippen LogP contribution in [0.3, 0.4) is 0 Å². The van der Waals surface area contributed by atoms with Crippen LogP contribution in [0.2, 0.25) is 0 Å². The smallest absolute Gasteiger partial charge is 0.410 e. The summed E-state index contributed by atoms with van der Waals surface area (Å²) < 4.78 is 5.98. The van der Waals surface area contributed by atoms with Gasteiger partial charge in [0, 0.05) is 4.48 Å². The summed E-state index contributed by atoms with van der Waals surface area (Å²) in [6, 6.07) is 9.50. The second kappa shape index (κ2) is 6.02. The Kier molecular flexibility index (Phi) is 4.38. The molecule has 1 aromatic carbocycles. The number of aliphatic hydroxyl groups excluding tert-OH is 1. The zero-order chi connectivity index (χ0) is 13.0. The largest absolute Gasteiger partial charge is 0.445 e. The summed E-state index contributed by atoms with van der Waals surface area (Å²) in [5.74, 6) is 0. The summed E-state index contributed by atoms with van der Waals surface area (Å²) >= 11 is 3.29. The van der Waals surface area contributed by atoms with Gasteiger partial charge in [-0.1, -0.05) is 46.3 Å². The summed E-state index contributed by atoms with van der Waals surface area (Å²) in [7, 11) is 0. The van der Waals surface area contributed by atoms with Crippen molar-refractivity contribution in [3.63, 3.8) is 0 Å². The number of rotatable bonds is 2. The first-order valence-electron chi connectivity index (χ1n) is 5.65. The van der Waals surface area contributed by atoms with E-state index in [-0.39, 0.29) is 13.2 Å². The first-order valence-corrected chi connectivity index (χ1v) is 6.44. The highest BCUT2D eigenvalue weighted by Gasteiger charge is 2.22. The lowest BCUT2D eigenvalue weighted by molar-refractivity contribution is 0.0791. The maximum absolute atomic E-state index is 11.8. The fraction of sp³-hybridized carbons (Fsp3) is 0.308. The average Bonchev–Trinajstić information content (AvgIpc) is 2.36. The molecule has 1 amide bonds. The lowest BCUT2D eigenvalue weighted by Crippen LogP contribution is -2.41. The Balaban J connectivity index is 1.87. The maximum Gasteiger partial charge on any atom is 0.410 e. The molecular weight excluding hydrogens is 298 g/mol. The van der Waals surface area contributed by atoms with E-state index < -0.39 is 12.2 Å². The molecule has 0 fully saturated rings. The number of halogens is 1. The molecule has 1 atom stereocenters. The first-order chi connectivity index (χ1) is 8.65. The van der Waals surface area contributed by atoms with Crippen molar-refractivity contribution in [2.45, 2.75) is 12.7 Å². The van der Waals surface area contributed by atoms with E-state index in [1.165, 1.54) is 4.90 Å². The van der Waals surface area contributed by atoms with Crippen LogP contribution in [-0.2, 0) is 11.3 Å². The monoisotopic (exact) mass is 311 g/mol. The van der Waals surface area contributed by atoms with Gasteiger partial charge < -0.3 is 14.7 Å². The third-order valence-corrected chi connectivity index (χ3v) is 3.10. The fourth-order valence-electron chi connectivity index (χ4n) is 1.74. The van der Waals surface area contributed by atoms with E-state index in [0.717, 1.165) is 10.0 Å². The van der Waals surface area contributed by atoms with Crippen molar-refractivity contribution < 1.29 is 14.6 Å². The molecule has 1 aromatic rings. The summed E-state index contributed by atoms with van der Waals surface area (Å²) in [4.78, 5) is 13.3. The van der Waals surface area contributed by atoms with Gasteiger partial charge in [0.2, 0.25) is 0 Å². The van der Waals surface area contributed by atoms with Crippen molar-refractivity contribution >= 4 is 22.0 Å². The molecule has 0 radical (unpaired) electrons. The molecule has 0 spiro atoms. The maximum atomic E-state index is 11.8. The van der Waals surface area contributed by atoms with Crippen LogP contribution in [0, 0.1) is 0 Å². The topological polar surface area (TPSA) is 49.8 Å². The van der Waals surface area contributed by atoms with Gasteiger partial charge in [-0.2, -0.15) is 0 Å². The highest BCUT2D eigenvalue weighted by atomic mass is 79.9. The zero-order valence-corrected chi connectivity index (χ0v) is 11.3. The molecule has 0 saturated carbocycles. The van der Waals surface area contributed by atoms with Gasteiger partial charge in [0.15, 0.2) is 0 Å². The minimum atomic E-state index is -0.641. The fourth-order valence-corrected chi connectivity index (χ4v) is 2.34. The minimum absolute atomic E-state index is 0.244. The Hall–Kier alpha value is -1.33. The van der Waals surface area contributed by atoms with E-state index in [4.69, 9.17) is 4.74 Å². The SMILES string of the molecule is O=C(OCc1ccccc1)N1CC(Br)=CC(O)C1. The number of carbonyl (C=O) groups excluding carboxylic acids is 1. The van der Waals surface area contributed by atoms with E-state index in [1.807, 2.05) is 30.3 Å².